The van der Waals surface area contributed by atoms with Crippen molar-refractivity contribution in [3.63, 3.8) is 0 Å². The third kappa shape index (κ3) is 3.03. The predicted molar refractivity (Wildman–Crippen MR) is 86.4 cm³/mol. The van der Waals surface area contributed by atoms with Gasteiger partial charge in [0.05, 0.1) is 18.2 Å². The minimum absolute atomic E-state index is 0.0499. The molecule has 3 rings (SSSR count). The van der Waals surface area contributed by atoms with Gasteiger partial charge in [-0.05, 0) is 37.3 Å². The van der Waals surface area contributed by atoms with E-state index < -0.39 is 0 Å². The molecule has 2 aliphatic rings. The summed E-state index contributed by atoms with van der Waals surface area (Å²) in [4.78, 5) is 14.8. The van der Waals surface area contributed by atoms with Crippen molar-refractivity contribution in [2.45, 2.75) is 57.2 Å². The Bertz CT molecular complexity index is 538. The summed E-state index contributed by atoms with van der Waals surface area (Å²) in [5.41, 5.74) is 2.35. The second-order valence-corrected chi connectivity index (χ2v) is 6.80. The Morgan fingerprint density at radius 1 is 1.32 bits per heavy atom. The van der Waals surface area contributed by atoms with E-state index in [-0.39, 0.29) is 24.1 Å². The first-order valence-electron chi connectivity index (χ1n) is 8.37. The molecule has 2 N–H and O–H groups in total. The van der Waals surface area contributed by atoms with Crippen molar-refractivity contribution < 1.29 is 9.90 Å². The Labute approximate surface area is 132 Å². The van der Waals surface area contributed by atoms with Gasteiger partial charge in [-0.15, -0.1) is 0 Å². The van der Waals surface area contributed by atoms with Crippen LogP contribution in [0.5, 0.6) is 0 Å². The Morgan fingerprint density at radius 3 is 2.68 bits per heavy atom. The summed E-state index contributed by atoms with van der Waals surface area (Å²) in [6.45, 7) is 3.77. The summed E-state index contributed by atoms with van der Waals surface area (Å²) in [6, 6.07) is 8.31. The molecular formula is C18H26N2O2. The Morgan fingerprint density at radius 2 is 2.00 bits per heavy atom. The van der Waals surface area contributed by atoms with Gasteiger partial charge < -0.3 is 10.4 Å². The Kier molecular flexibility index (Phi) is 4.50. The smallest absolute Gasteiger partial charge is 0.237 e. The van der Waals surface area contributed by atoms with Gasteiger partial charge in [-0.2, -0.15) is 0 Å². The largest absolute Gasteiger partial charge is 0.394 e. The summed E-state index contributed by atoms with van der Waals surface area (Å²) in [6.07, 6.45) is 4.97. The van der Waals surface area contributed by atoms with Crippen LogP contribution < -0.4 is 5.32 Å². The fraction of sp³-hybridized carbons (Fsp3) is 0.611. The monoisotopic (exact) mass is 302 g/mol. The molecule has 1 atom stereocenters. The summed E-state index contributed by atoms with van der Waals surface area (Å²) in [7, 11) is 0. The van der Waals surface area contributed by atoms with Crippen LogP contribution in [0.3, 0.4) is 0 Å². The van der Waals surface area contributed by atoms with E-state index in [9.17, 15) is 9.90 Å². The topological polar surface area (TPSA) is 52.6 Å². The van der Waals surface area contributed by atoms with E-state index in [1.165, 1.54) is 11.1 Å². The van der Waals surface area contributed by atoms with Crippen molar-refractivity contribution in [1.29, 1.82) is 0 Å². The molecule has 1 heterocycles. The van der Waals surface area contributed by atoms with E-state index in [4.69, 9.17) is 0 Å². The van der Waals surface area contributed by atoms with Crippen molar-refractivity contribution in [3.05, 3.63) is 35.4 Å². The quantitative estimate of drug-likeness (QED) is 0.892. The minimum atomic E-state index is -0.376. The van der Waals surface area contributed by atoms with E-state index in [1.807, 2.05) is 6.92 Å². The number of hydrogen-bond donors (Lipinski definition) is 2. The highest BCUT2D eigenvalue weighted by atomic mass is 16.3. The van der Waals surface area contributed by atoms with Gasteiger partial charge in [-0.1, -0.05) is 37.1 Å². The van der Waals surface area contributed by atoms with E-state index in [0.717, 1.165) is 45.2 Å². The van der Waals surface area contributed by atoms with Gasteiger partial charge in [0.1, 0.15) is 0 Å². The molecule has 0 radical (unpaired) electrons. The molecule has 4 heteroatoms. The molecule has 1 unspecified atom stereocenters. The number of hydrogen-bond acceptors (Lipinski definition) is 3. The second-order valence-electron chi connectivity index (χ2n) is 6.80. The Hall–Kier alpha value is -1.39. The zero-order valence-electron chi connectivity index (χ0n) is 13.3. The molecule has 1 aromatic carbocycles. The van der Waals surface area contributed by atoms with Crippen LogP contribution >= 0.6 is 0 Å². The third-order valence-electron chi connectivity index (χ3n) is 5.34. The molecule has 1 aliphatic heterocycles. The van der Waals surface area contributed by atoms with E-state index in [2.05, 4.69) is 34.5 Å². The molecule has 0 aromatic heterocycles. The van der Waals surface area contributed by atoms with E-state index >= 15 is 0 Å². The zero-order chi connectivity index (χ0) is 15.6. The van der Waals surface area contributed by atoms with Crippen LogP contribution in [0.1, 0.15) is 43.7 Å². The molecule has 0 bridgehead atoms. The number of aliphatic hydroxyl groups is 1. The number of carbonyl (C=O) groups excluding carboxylic acids is 1. The highest BCUT2D eigenvalue weighted by Crippen LogP contribution is 2.29. The normalized spacial score (nSPS) is 22.1. The van der Waals surface area contributed by atoms with Crippen molar-refractivity contribution in [1.82, 2.24) is 10.2 Å². The van der Waals surface area contributed by atoms with Crippen LogP contribution in [0.2, 0.25) is 0 Å². The molecule has 0 spiro atoms. The van der Waals surface area contributed by atoms with Gasteiger partial charge in [0.25, 0.3) is 0 Å². The molecule has 1 aliphatic carbocycles. The van der Waals surface area contributed by atoms with Gasteiger partial charge in [0.15, 0.2) is 0 Å². The molecule has 0 saturated heterocycles. The molecule has 1 fully saturated rings. The summed E-state index contributed by atoms with van der Waals surface area (Å²) in [5, 5.41) is 12.8. The maximum Gasteiger partial charge on any atom is 0.237 e. The zero-order valence-corrected chi connectivity index (χ0v) is 13.3. The average molecular weight is 302 g/mol. The maximum atomic E-state index is 12.6. The number of aliphatic hydroxyl groups excluding tert-OH is 1. The molecule has 22 heavy (non-hydrogen) atoms. The Balaban J connectivity index is 1.64. The summed E-state index contributed by atoms with van der Waals surface area (Å²) in [5.74, 6) is 0.0512. The van der Waals surface area contributed by atoms with Gasteiger partial charge >= 0.3 is 0 Å². The minimum Gasteiger partial charge on any atom is -0.394 e. The first-order valence-corrected chi connectivity index (χ1v) is 8.37. The fourth-order valence-electron chi connectivity index (χ4n) is 3.75. The number of fused-ring (bicyclic) bond motifs is 1. The van der Waals surface area contributed by atoms with Crippen molar-refractivity contribution in [2.24, 2.45) is 0 Å². The van der Waals surface area contributed by atoms with Gasteiger partial charge in [0.2, 0.25) is 5.91 Å². The molecule has 1 saturated carbocycles. The van der Waals surface area contributed by atoms with Crippen LogP contribution in [0.25, 0.3) is 0 Å². The number of benzene rings is 1. The predicted octanol–water partition coefficient (Wildman–Crippen LogP) is 1.85. The van der Waals surface area contributed by atoms with Gasteiger partial charge in [-0.3, -0.25) is 9.69 Å². The fourth-order valence-corrected chi connectivity index (χ4v) is 3.75. The van der Waals surface area contributed by atoms with E-state index in [0.29, 0.717) is 0 Å². The molecule has 1 amide bonds. The van der Waals surface area contributed by atoms with Crippen molar-refractivity contribution in [3.8, 4) is 0 Å². The first-order chi connectivity index (χ1) is 10.6. The van der Waals surface area contributed by atoms with Crippen molar-refractivity contribution in [2.75, 3.05) is 13.2 Å². The lowest BCUT2D eigenvalue weighted by Gasteiger charge is -2.36. The van der Waals surface area contributed by atoms with Crippen LogP contribution in [0, 0.1) is 0 Å². The number of rotatable bonds is 4. The van der Waals surface area contributed by atoms with Gasteiger partial charge in [-0.25, -0.2) is 0 Å². The maximum absolute atomic E-state index is 12.6. The second kappa shape index (κ2) is 6.39. The third-order valence-corrected chi connectivity index (χ3v) is 5.34. The first kappa shape index (κ1) is 15.5. The number of carbonyl (C=O) groups is 1. The molecular weight excluding hydrogens is 276 g/mol. The summed E-state index contributed by atoms with van der Waals surface area (Å²) < 4.78 is 0. The van der Waals surface area contributed by atoms with Crippen LogP contribution in [-0.4, -0.2) is 40.6 Å². The highest BCUT2D eigenvalue weighted by Gasteiger charge is 2.36. The SMILES string of the molecule is CC(C(=O)NC1(CO)CCCC1)N1CCc2ccccc2C1. The van der Waals surface area contributed by atoms with Crippen LogP contribution in [-0.2, 0) is 17.8 Å². The highest BCUT2D eigenvalue weighted by molar-refractivity contribution is 5.82. The van der Waals surface area contributed by atoms with Gasteiger partial charge in [0, 0.05) is 13.1 Å². The molecule has 120 valence electrons. The number of nitrogens with one attached hydrogen (secondary N) is 1. The lowest BCUT2D eigenvalue weighted by Crippen LogP contribution is -2.55. The molecule has 1 aromatic rings. The van der Waals surface area contributed by atoms with Crippen LogP contribution in [0.4, 0.5) is 0 Å². The van der Waals surface area contributed by atoms with Crippen molar-refractivity contribution >= 4 is 5.91 Å². The number of nitrogens with zero attached hydrogens (tertiary/aromatic N) is 1. The summed E-state index contributed by atoms with van der Waals surface area (Å²) >= 11 is 0. The lowest BCUT2D eigenvalue weighted by atomic mass is 9.96. The van der Waals surface area contributed by atoms with E-state index in [1.54, 1.807) is 0 Å². The molecule has 4 nitrogen and oxygen atoms in total. The number of amides is 1. The lowest BCUT2D eigenvalue weighted by molar-refractivity contribution is -0.128. The average Bonchev–Trinajstić information content (AvgIpc) is 3.02. The standard InChI is InChI=1S/C18H26N2O2/c1-14(17(22)19-18(13-21)9-4-5-10-18)20-11-8-15-6-2-3-7-16(15)12-20/h2-3,6-7,14,21H,4-5,8-13H2,1H3,(H,19,22). The van der Waals surface area contributed by atoms with Crippen LogP contribution in [0.15, 0.2) is 24.3 Å².